The van der Waals surface area contributed by atoms with E-state index < -0.39 is 0 Å². The lowest BCUT2D eigenvalue weighted by atomic mass is 9.91. The van der Waals surface area contributed by atoms with Gasteiger partial charge in [-0.15, -0.1) is 0 Å². The zero-order chi connectivity index (χ0) is 14.5. The number of hydrogen-bond donors (Lipinski definition) is 1. The van der Waals surface area contributed by atoms with Crippen LogP contribution in [0.2, 0.25) is 0 Å². The van der Waals surface area contributed by atoms with Gasteiger partial charge in [0.05, 0.1) is 19.8 Å². The van der Waals surface area contributed by atoms with Gasteiger partial charge in [-0.3, -0.25) is 0 Å². The standard InChI is InChI=1S/C16H24FNO2/c1-4-18-14(13-8-11(2)20-10-13)9-12-6-5-7-15(19-3)16(12)17/h5-7,11,13-14,18H,4,8-10H2,1-3H3. The average molecular weight is 281 g/mol. The Kier molecular flexibility index (Phi) is 5.38. The summed E-state index contributed by atoms with van der Waals surface area (Å²) in [6.45, 7) is 5.80. The van der Waals surface area contributed by atoms with E-state index in [9.17, 15) is 4.39 Å². The first kappa shape index (κ1) is 15.3. The lowest BCUT2D eigenvalue weighted by Crippen LogP contribution is -2.38. The Morgan fingerprint density at radius 2 is 2.30 bits per heavy atom. The van der Waals surface area contributed by atoms with Crippen molar-refractivity contribution >= 4 is 0 Å². The maximum Gasteiger partial charge on any atom is 0.168 e. The molecule has 1 aromatic carbocycles. The van der Waals surface area contributed by atoms with Crippen LogP contribution in [0.3, 0.4) is 0 Å². The van der Waals surface area contributed by atoms with E-state index >= 15 is 0 Å². The van der Waals surface area contributed by atoms with Gasteiger partial charge in [0.15, 0.2) is 11.6 Å². The summed E-state index contributed by atoms with van der Waals surface area (Å²) in [6, 6.07) is 5.57. The van der Waals surface area contributed by atoms with Crippen LogP contribution >= 0.6 is 0 Å². The molecule has 0 aliphatic carbocycles. The molecule has 1 aromatic rings. The summed E-state index contributed by atoms with van der Waals surface area (Å²) in [5.41, 5.74) is 0.704. The molecule has 0 saturated carbocycles. The van der Waals surface area contributed by atoms with Crippen LogP contribution < -0.4 is 10.1 Å². The van der Waals surface area contributed by atoms with E-state index in [0.717, 1.165) is 19.6 Å². The molecule has 3 unspecified atom stereocenters. The Labute approximate surface area is 120 Å². The van der Waals surface area contributed by atoms with E-state index in [1.54, 1.807) is 6.07 Å². The molecular formula is C16H24FNO2. The Morgan fingerprint density at radius 3 is 2.90 bits per heavy atom. The lowest BCUT2D eigenvalue weighted by molar-refractivity contribution is 0.117. The Morgan fingerprint density at radius 1 is 1.50 bits per heavy atom. The van der Waals surface area contributed by atoms with E-state index in [1.807, 2.05) is 12.1 Å². The van der Waals surface area contributed by atoms with Crippen molar-refractivity contribution in [3.63, 3.8) is 0 Å². The molecule has 0 aromatic heterocycles. The topological polar surface area (TPSA) is 30.5 Å². The second-order valence-corrected chi connectivity index (χ2v) is 5.44. The minimum atomic E-state index is -0.245. The molecule has 0 bridgehead atoms. The highest BCUT2D eigenvalue weighted by atomic mass is 19.1. The summed E-state index contributed by atoms with van der Waals surface area (Å²) in [5, 5.41) is 3.47. The van der Waals surface area contributed by atoms with Gasteiger partial charge in [-0.2, -0.15) is 0 Å². The van der Waals surface area contributed by atoms with Gasteiger partial charge in [0.25, 0.3) is 0 Å². The molecule has 1 saturated heterocycles. The van der Waals surface area contributed by atoms with Crippen molar-refractivity contribution in [3.8, 4) is 5.75 Å². The van der Waals surface area contributed by atoms with E-state index in [0.29, 0.717) is 29.8 Å². The van der Waals surface area contributed by atoms with Gasteiger partial charge in [-0.1, -0.05) is 19.1 Å². The van der Waals surface area contributed by atoms with E-state index in [4.69, 9.17) is 9.47 Å². The molecule has 3 nitrogen and oxygen atoms in total. The molecule has 1 heterocycles. The van der Waals surface area contributed by atoms with Crippen molar-refractivity contribution < 1.29 is 13.9 Å². The van der Waals surface area contributed by atoms with Gasteiger partial charge in [0, 0.05) is 12.0 Å². The fourth-order valence-electron chi connectivity index (χ4n) is 2.91. The van der Waals surface area contributed by atoms with Crippen molar-refractivity contribution in [2.75, 3.05) is 20.3 Å². The molecule has 0 spiro atoms. The summed E-state index contributed by atoms with van der Waals surface area (Å²) in [4.78, 5) is 0. The zero-order valence-electron chi connectivity index (χ0n) is 12.5. The predicted molar refractivity (Wildman–Crippen MR) is 77.6 cm³/mol. The van der Waals surface area contributed by atoms with Gasteiger partial charge < -0.3 is 14.8 Å². The highest BCUT2D eigenvalue weighted by molar-refractivity contribution is 5.31. The SMILES string of the molecule is CCNC(Cc1cccc(OC)c1F)C1COC(C)C1. The van der Waals surface area contributed by atoms with Gasteiger partial charge in [0.2, 0.25) is 0 Å². The fourth-order valence-corrected chi connectivity index (χ4v) is 2.91. The minimum Gasteiger partial charge on any atom is -0.494 e. The van der Waals surface area contributed by atoms with Crippen molar-refractivity contribution in [1.82, 2.24) is 5.32 Å². The summed E-state index contributed by atoms with van der Waals surface area (Å²) in [5.74, 6) is 0.509. The molecule has 1 aliphatic heterocycles. The normalized spacial score (nSPS) is 23.8. The highest BCUT2D eigenvalue weighted by Crippen LogP contribution is 2.27. The third kappa shape index (κ3) is 3.49. The van der Waals surface area contributed by atoms with Crippen molar-refractivity contribution in [2.24, 2.45) is 5.92 Å². The number of hydrogen-bond acceptors (Lipinski definition) is 3. The second-order valence-electron chi connectivity index (χ2n) is 5.44. The first-order chi connectivity index (χ1) is 9.65. The van der Waals surface area contributed by atoms with Crippen LogP contribution in [0.5, 0.6) is 5.75 Å². The van der Waals surface area contributed by atoms with E-state index in [2.05, 4.69) is 19.2 Å². The van der Waals surface area contributed by atoms with Crippen molar-refractivity contribution in [2.45, 2.75) is 38.8 Å². The Balaban J connectivity index is 2.11. The first-order valence-electron chi connectivity index (χ1n) is 7.32. The van der Waals surface area contributed by atoms with Gasteiger partial charge in [-0.25, -0.2) is 4.39 Å². The number of halogens is 1. The fraction of sp³-hybridized carbons (Fsp3) is 0.625. The molecule has 3 atom stereocenters. The summed E-state index contributed by atoms with van der Waals surface area (Å²) in [7, 11) is 1.50. The number of rotatable bonds is 6. The molecule has 2 rings (SSSR count). The lowest BCUT2D eigenvalue weighted by Gasteiger charge is -2.24. The molecule has 20 heavy (non-hydrogen) atoms. The van der Waals surface area contributed by atoms with Crippen molar-refractivity contribution in [3.05, 3.63) is 29.6 Å². The maximum absolute atomic E-state index is 14.3. The monoisotopic (exact) mass is 281 g/mol. The minimum absolute atomic E-state index is 0.242. The quantitative estimate of drug-likeness (QED) is 0.869. The van der Waals surface area contributed by atoms with Crippen LogP contribution in [0.4, 0.5) is 4.39 Å². The highest BCUT2D eigenvalue weighted by Gasteiger charge is 2.29. The van der Waals surface area contributed by atoms with Gasteiger partial charge >= 0.3 is 0 Å². The van der Waals surface area contributed by atoms with Gasteiger partial charge in [-0.05, 0) is 37.9 Å². The van der Waals surface area contributed by atoms with Crippen LogP contribution in [0.1, 0.15) is 25.8 Å². The maximum atomic E-state index is 14.3. The predicted octanol–water partition coefficient (Wildman–Crippen LogP) is 2.78. The number of likely N-dealkylation sites (N-methyl/N-ethyl adjacent to an activating group) is 1. The van der Waals surface area contributed by atoms with Gasteiger partial charge in [0.1, 0.15) is 0 Å². The average Bonchev–Trinajstić information content (AvgIpc) is 2.87. The van der Waals surface area contributed by atoms with Crippen LogP contribution in [0.15, 0.2) is 18.2 Å². The summed E-state index contributed by atoms with van der Waals surface area (Å²) in [6.07, 6.45) is 2.00. The molecule has 1 N–H and O–H groups in total. The molecule has 0 radical (unpaired) electrons. The van der Waals surface area contributed by atoms with E-state index in [-0.39, 0.29) is 11.9 Å². The first-order valence-corrected chi connectivity index (χ1v) is 7.32. The van der Waals surface area contributed by atoms with Crippen molar-refractivity contribution in [1.29, 1.82) is 0 Å². The second kappa shape index (κ2) is 7.04. The van der Waals surface area contributed by atoms with Crippen LogP contribution in [-0.4, -0.2) is 32.4 Å². The van der Waals surface area contributed by atoms with Crippen LogP contribution in [-0.2, 0) is 11.2 Å². The molecular weight excluding hydrogens is 257 g/mol. The third-order valence-corrected chi connectivity index (χ3v) is 3.97. The molecule has 112 valence electrons. The number of methoxy groups -OCH3 is 1. The summed E-state index contributed by atoms with van der Waals surface area (Å²) >= 11 is 0. The Hall–Kier alpha value is -1.13. The van der Waals surface area contributed by atoms with Crippen LogP contribution in [0.25, 0.3) is 0 Å². The third-order valence-electron chi connectivity index (χ3n) is 3.97. The number of ether oxygens (including phenoxy) is 2. The van der Waals surface area contributed by atoms with E-state index in [1.165, 1.54) is 7.11 Å². The number of benzene rings is 1. The molecule has 1 fully saturated rings. The molecule has 1 aliphatic rings. The zero-order valence-corrected chi connectivity index (χ0v) is 12.5. The molecule has 4 heteroatoms. The Bertz CT molecular complexity index is 438. The smallest absolute Gasteiger partial charge is 0.168 e. The molecule has 0 amide bonds. The largest absolute Gasteiger partial charge is 0.494 e. The van der Waals surface area contributed by atoms with Crippen LogP contribution in [0, 0.1) is 11.7 Å². The summed E-state index contributed by atoms with van der Waals surface area (Å²) < 4.78 is 24.9. The number of nitrogens with one attached hydrogen (secondary N) is 1.